The van der Waals surface area contributed by atoms with E-state index < -0.39 is 0 Å². The quantitative estimate of drug-likeness (QED) is 0.821. The van der Waals surface area contributed by atoms with Gasteiger partial charge in [-0.15, -0.1) is 11.6 Å². The average Bonchev–Trinajstić information content (AvgIpc) is 2.16. The third-order valence-electron chi connectivity index (χ3n) is 2.02. The van der Waals surface area contributed by atoms with Gasteiger partial charge in [0.15, 0.2) is 0 Å². The summed E-state index contributed by atoms with van der Waals surface area (Å²) < 4.78 is 1.11. The monoisotopic (exact) mass is 261 g/mol. The molecule has 0 radical (unpaired) electrons. The molecule has 1 nitrogen and oxygen atoms in total. The number of halogens is 2. The second-order valence-electron chi connectivity index (χ2n) is 2.87. The molecule has 0 aliphatic rings. The van der Waals surface area contributed by atoms with Crippen LogP contribution in [0.2, 0.25) is 0 Å². The number of rotatable bonds is 4. The van der Waals surface area contributed by atoms with Crippen LogP contribution >= 0.6 is 27.5 Å². The lowest BCUT2D eigenvalue weighted by Gasteiger charge is -2.14. The van der Waals surface area contributed by atoms with Crippen molar-refractivity contribution in [3.05, 3.63) is 34.3 Å². The zero-order valence-electron chi connectivity index (χ0n) is 7.56. The van der Waals surface area contributed by atoms with Crippen LogP contribution in [-0.2, 0) is 0 Å². The molecular weight excluding hydrogens is 249 g/mol. The van der Waals surface area contributed by atoms with Crippen LogP contribution < -0.4 is 5.32 Å². The number of hydrogen-bond donors (Lipinski definition) is 1. The van der Waals surface area contributed by atoms with E-state index in [0.717, 1.165) is 10.9 Å². The largest absolute Gasteiger partial charge is 0.313 e. The fourth-order valence-electron chi connectivity index (χ4n) is 1.28. The summed E-state index contributed by atoms with van der Waals surface area (Å²) in [6.07, 6.45) is 0.958. The molecule has 1 aromatic carbocycles. The van der Waals surface area contributed by atoms with Crippen molar-refractivity contribution in [3.63, 3.8) is 0 Å². The maximum Gasteiger partial charge on any atom is 0.0328 e. The van der Waals surface area contributed by atoms with E-state index in [1.807, 2.05) is 19.2 Å². The van der Waals surface area contributed by atoms with Gasteiger partial charge in [-0.1, -0.05) is 28.1 Å². The summed E-state index contributed by atoms with van der Waals surface area (Å²) in [6, 6.07) is 8.68. The molecule has 0 saturated carbocycles. The van der Waals surface area contributed by atoms with Crippen LogP contribution in [0.4, 0.5) is 0 Å². The molecule has 1 aromatic rings. The van der Waals surface area contributed by atoms with Gasteiger partial charge in [-0.25, -0.2) is 0 Å². The number of nitrogens with one attached hydrogen (secondary N) is 1. The molecule has 1 N–H and O–H groups in total. The summed E-state index contributed by atoms with van der Waals surface area (Å²) >= 11 is 9.12. The number of hydrogen-bond acceptors (Lipinski definition) is 1. The van der Waals surface area contributed by atoms with E-state index in [1.54, 1.807) is 0 Å². The summed E-state index contributed by atoms with van der Waals surface area (Å²) in [7, 11) is 1.96. The van der Waals surface area contributed by atoms with Crippen LogP contribution in [0.15, 0.2) is 28.7 Å². The van der Waals surface area contributed by atoms with Crippen molar-refractivity contribution in [2.75, 3.05) is 12.9 Å². The van der Waals surface area contributed by atoms with E-state index in [0.29, 0.717) is 11.9 Å². The van der Waals surface area contributed by atoms with Crippen LogP contribution in [0.1, 0.15) is 18.0 Å². The fourth-order valence-corrected chi connectivity index (χ4v) is 1.76. The molecule has 1 rings (SSSR count). The predicted octanol–water partition coefficient (Wildman–Crippen LogP) is 3.34. The second kappa shape index (κ2) is 5.63. The summed E-state index contributed by atoms with van der Waals surface area (Å²) in [5.41, 5.74) is 1.28. The van der Waals surface area contributed by atoms with Gasteiger partial charge in [0.1, 0.15) is 0 Å². The Bertz CT molecular complexity index is 248. The molecule has 0 aromatic heterocycles. The van der Waals surface area contributed by atoms with Crippen molar-refractivity contribution in [1.29, 1.82) is 0 Å². The molecule has 0 aliphatic carbocycles. The third kappa shape index (κ3) is 3.29. The van der Waals surface area contributed by atoms with Crippen LogP contribution in [0.5, 0.6) is 0 Å². The van der Waals surface area contributed by atoms with Crippen molar-refractivity contribution in [2.45, 2.75) is 12.5 Å². The molecular formula is C10H13BrClN. The van der Waals surface area contributed by atoms with E-state index in [2.05, 4.69) is 33.4 Å². The first kappa shape index (κ1) is 11.0. The normalized spacial score (nSPS) is 12.8. The second-order valence-corrected chi connectivity index (χ2v) is 4.16. The molecule has 3 heteroatoms. The van der Waals surface area contributed by atoms with Crippen molar-refractivity contribution >= 4 is 27.5 Å². The van der Waals surface area contributed by atoms with Crippen molar-refractivity contribution in [3.8, 4) is 0 Å². The van der Waals surface area contributed by atoms with Gasteiger partial charge < -0.3 is 5.32 Å². The summed E-state index contributed by atoms with van der Waals surface area (Å²) in [5.74, 6) is 0.682. The van der Waals surface area contributed by atoms with Crippen LogP contribution in [0, 0.1) is 0 Å². The van der Waals surface area contributed by atoms with Crippen molar-refractivity contribution in [2.24, 2.45) is 0 Å². The topological polar surface area (TPSA) is 12.0 Å². The Morgan fingerprint density at radius 1 is 1.38 bits per heavy atom. The van der Waals surface area contributed by atoms with Gasteiger partial charge in [-0.3, -0.25) is 0 Å². The molecule has 1 atom stereocenters. The highest BCUT2D eigenvalue weighted by atomic mass is 79.9. The fraction of sp³-hybridized carbons (Fsp3) is 0.400. The molecule has 0 amide bonds. The zero-order valence-corrected chi connectivity index (χ0v) is 9.90. The van der Waals surface area contributed by atoms with E-state index in [-0.39, 0.29) is 0 Å². The lowest BCUT2D eigenvalue weighted by Crippen LogP contribution is -2.16. The van der Waals surface area contributed by atoms with E-state index >= 15 is 0 Å². The highest BCUT2D eigenvalue weighted by molar-refractivity contribution is 9.10. The molecule has 0 fully saturated rings. The van der Waals surface area contributed by atoms with E-state index in [9.17, 15) is 0 Å². The Balaban J connectivity index is 2.73. The van der Waals surface area contributed by atoms with Gasteiger partial charge in [-0.05, 0) is 31.2 Å². The highest BCUT2D eigenvalue weighted by Gasteiger charge is 2.06. The van der Waals surface area contributed by atoms with Crippen LogP contribution in [0.25, 0.3) is 0 Å². The first-order chi connectivity index (χ1) is 6.27. The van der Waals surface area contributed by atoms with Crippen LogP contribution in [0.3, 0.4) is 0 Å². The van der Waals surface area contributed by atoms with Crippen molar-refractivity contribution in [1.82, 2.24) is 5.32 Å². The van der Waals surface area contributed by atoms with Gasteiger partial charge in [0.2, 0.25) is 0 Å². The molecule has 0 saturated heterocycles. The van der Waals surface area contributed by atoms with Gasteiger partial charge in [0.25, 0.3) is 0 Å². The lowest BCUT2D eigenvalue weighted by atomic mass is 10.1. The predicted molar refractivity (Wildman–Crippen MR) is 61.3 cm³/mol. The molecule has 0 aliphatic heterocycles. The molecule has 0 spiro atoms. The first-order valence-electron chi connectivity index (χ1n) is 4.26. The Morgan fingerprint density at radius 3 is 2.46 bits per heavy atom. The number of alkyl halides is 1. The molecule has 0 heterocycles. The van der Waals surface area contributed by atoms with Gasteiger partial charge in [-0.2, -0.15) is 0 Å². The SMILES string of the molecule is CNC(CCCl)c1ccc(Br)cc1. The highest BCUT2D eigenvalue weighted by Crippen LogP contribution is 2.19. The standard InChI is InChI=1S/C10H13BrClN/c1-13-10(6-7-12)8-2-4-9(11)5-3-8/h2-5,10,13H,6-7H2,1H3. The smallest absolute Gasteiger partial charge is 0.0328 e. The molecule has 13 heavy (non-hydrogen) atoms. The molecule has 1 unspecified atom stereocenters. The minimum Gasteiger partial charge on any atom is -0.313 e. The molecule has 0 bridgehead atoms. The minimum absolute atomic E-state index is 0.366. The van der Waals surface area contributed by atoms with Gasteiger partial charge in [0.05, 0.1) is 0 Å². The summed E-state index contributed by atoms with van der Waals surface area (Å²) in [6.45, 7) is 0. The Kier molecular flexibility index (Phi) is 4.78. The third-order valence-corrected chi connectivity index (χ3v) is 2.77. The van der Waals surface area contributed by atoms with E-state index in [4.69, 9.17) is 11.6 Å². The van der Waals surface area contributed by atoms with E-state index in [1.165, 1.54) is 5.56 Å². The number of benzene rings is 1. The molecule has 72 valence electrons. The van der Waals surface area contributed by atoms with Gasteiger partial charge >= 0.3 is 0 Å². The van der Waals surface area contributed by atoms with Crippen LogP contribution in [-0.4, -0.2) is 12.9 Å². The summed E-state index contributed by atoms with van der Waals surface area (Å²) in [5, 5.41) is 3.24. The first-order valence-corrected chi connectivity index (χ1v) is 5.59. The van der Waals surface area contributed by atoms with Crippen molar-refractivity contribution < 1.29 is 0 Å². The van der Waals surface area contributed by atoms with Gasteiger partial charge in [0, 0.05) is 16.4 Å². The Labute approximate surface area is 92.6 Å². The average molecular weight is 263 g/mol. The minimum atomic E-state index is 0.366. The summed E-state index contributed by atoms with van der Waals surface area (Å²) in [4.78, 5) is 0. The maximum absolute atomic E-state index is 5.71. The zero-order chi connectivity index (χ0) is 9.68. The maximum atomic E-state index is 5.71. The Morgan fingerprint density at radius 2 is 2.00 bits per heavy atom. The lowest BCUT2D eigenvalue weighted by molar-refractivity contribution is 0.580. The Hall–Kier alpha value is -0.0500.